The minimum absolute atomic E-state index is 0.381. The zero-order valence-corrected chi connectivity index (χ0v) is 15.4. The third-order valence-electron chi connectivity index (χ3n) is 5.81. The van der Waals surface area contributed by atoms with E-state index in [0.717, 1.165) is 33.4 Å². The average Bonchev–Trinajstić information content (AvgIpc) is 2.74. The van der Waals surface area contributed by atoms with Crippen molar-refractivity contribution in [3.05, 3.63) is 107 Å². The van der Waals surface area contributed by atoms with E-state index >= 15 is 4.39 Å². The number of hydrogen-bond acceptors (Lipinski definition) is 1. The summed E-state index contributed by atoms with van der Waals surface area (Å²) in [4.78, 5) is 0. The van der Waals surface area contributed by atoms with Crippen LogP contribution in [0.25, 0.3) is 23.3 Å². The van der Waals surface area contributed by atoms with E-state index in [2.05, 4.69) is 6.07 Å². The molecule has 0 radical (unpaired) electrons. The summed E-state index contributed by atoms with van der Waals surface area (Å²) in [5, 5.41) is 10.6. The predicted octanol–water partition coefficient (Wildman–Crippen LogP) is 6.63. The van der Waals surface area contributed by atoms with Gasteiger partial charge in [0.05, 0.1) is 6.10 Å². The summed E-state index contributed by atoms with van der Waals surface area (Å²) >= 11 is 0. The maximum absolute atomic E-state index is 16.0. The van der Waals surface area contributed by atoms with Crippen LogP contribution in [0, 0.1) is 0 Å². The summed E-state index contributed by atoms with van der Waals surface area (Å²) in [5.41, 5.74) is 6.33. The summed E-state index contributed by atoms with van der Waals surface area (Å²) < 4.78 is 16.0. The molecule has 0 spiro atoms. The first-order chi connectivity index (χ1) is 13.7. The molecular formula is C26H21FO. The molecule has 2 aliphatic rings. The molecule has 3 atom stereocenters. The summed E-state index contributed by atoms with van der Waals surface area (Å²) in [6, 6.07) is 22.0. The standard InChI is InChI=1S/C26H21FO/c27-26-22(15-13-17-7-2-1-3-8-17)20-11-5-4-10-19(20)21-16-14-18-9-6-12-23(28)24(18)25(21)26/h1-11,13-16,22-23,26,28H,12H2/b15-13+. The van der Waals surface area contributed by atoms with Crippen molar-refractivity contribution in [1.82, 2.24) is 0 Å². The number of aliphatic hydroxyl groups is 1. The molecule has 138 valence electrons. The Bertz CT molecular complexity index is 1080. The number of alkyl halides is 1. The minimum atomic E-state index is -1.19. The smallest absolute Gasteiger partial charge is 0.136 e. The molecule has 2 heteroatoms. The molecule has 2 aliphatic carbocycles. The first-order valence-electron chi connectivity index (χ1n) is 9.72. The van der Waals surface area contributed by atoms with Gasteiger partial charge in [-0.05, 0) is 39.8 Å². The van der Waals surface area contributed by atoms with Crippen LogP contribution in [0.3, 0.4) is 0 Å². The lowest BCUT2D eigenvalue weighted by atomic mass is 9.73. The maximum atomic E-state index is 16.0. The third-order valence-corrected chi connectivity index (χ3v) is 5.81. The van der Waals surface area contributed by atoms with E-state index in [1.807, 2.05) is 85.0 Å². The number of aliphatic hydroxyl groups excluding tert-OH is 1. The molecule has 1 N–H and O–H groups in total. The summed E-state index contributed by atoms with van der Waals surface area (Å²) in [6.45, 7) is 0. The van der Waals surface area contributed by atoms with E-state index in [0.29, 0.717) is 12.0 Å². The molecule has 0 saturated heterocycles. The quantitative estimate of drug-likeness (QED) is 0.538. The van der Waals surface area contributed by atoms with Gasteiger partial charge in [-0.1, -0.05) is 91.0 Å². The van der Waals surface area contributed by atoms with E-state index in [4.69, 9.17) is 0 Å². The Hall–Kier alpha value is -2.97. The summed E-state index contributed by atoms with van der Waals surface area (Å²) in [5.74, 6) is -0.381. The Balaban J connectivity index is 1.69. The lowest BCUT2D eigenvalue weighted by molar-refractivity contribution is 0.175. The molecule has 0 amide bonds. The van der Waals surface area contributed by atoms with Crippen LogP contribution in [0.15, 0.2) is 78.9 Å². The first kappa shape index (κ1) is 17.2. The van der Waals surface area contributed by atoms with Gasteiger partial charge in [-0.15, -0.1) is 0 Å². The first-order valence-corrected chi connectivity index (χ1v) is 9.72. The predicted molar refractivity (Wildman–Crippen MR) is 113 cm³/mol. The summed E-state index contributed by atoms with van der Waals surface area (Å²) in [7, 11) is 0. The highest BCUT2D eigenvalue weighted by Crippen LogP contribution is 2.52. The van der Waals surface area contributed by atoms with Crippen LogP contribution in [0.1, 0.15) is 52.4 Å². The van der Waals surface area contributed by atoms with Crippen LogP contribution in [0.4, 0.5) is 4.39 Å². The number of hydrogen-bond donors (Lipinski definition) is 1. The van der Waals surface area contributed by atoms with Crippen molar-refractivity contribution in [1.29, 1.82) is 0 Å². The van der Waals surface area contributed by atoms with Crippen LogP contribution < -0.4 is 0 Å². The van der Waals surface area contributed by atoms with Crippen LogP contribution in [-0.2, 0) is 0 Å². The molecule has 3 aromatic rings. The van der Waals surface area contributed by atoms with Gasteiger partial charge < -0.3 is 5.11 Å². The topological polar surface area (TPSA) is 20.2 Å². The number of halogens is 1. The fraction of sp³-hybridized carbons (Fsp3) is 0.154. The van der Waals surface area contributed by atoms with Gasteiger partial charge >= 0.3 is 0 Å². The summed E-state index contributed by atoms with van der Waals surface area (Å²) in [6.07, 6.45) is 6.58. The highest BCUT2D eigenvalue weighted by atomic mass is 19.1. The van der Waals surface area contributed by atoms with Crippen molar-refractivity contribution in [3.8, 4) is 11.1 Å². The second kappa shape index (κ2) is 6.88. The van der Waals surface area contributed by atoms with E-state index in [-0.39, 0.29) is 5.92 Å². The van der Waals surface area contributed by atoms with Gasteiger partial charge in [0, 0.05) is 11.5 Å². The minimum Gasteiger partial charge on any atom is -0.388 e. The Kier molecular flexibility index (Phi) is 4.22. The number of fused-ring (bicyclic) bond motifs is 5. The van der Waals surface area contributed by atoms with Crippen molar-refractivity contribution in [2.75, 3.05) is 0 Å². The normalized spacial score (nSPS) is 22.6. The molecule has 1 nitrogen and oxygen atoms in total. The second-order valence-electron chi connectivity index (χ2n) is 7.47. The van der Waals surface area contributed by atoms with Gasteiger partial charge in [-0.3, -0.25) is 0 Å². The van der Waals surface area contributed by atoms with Gasteiger partial charge in [0.1, 0.15) is 6.17 Å². The number of rotatable bonds is 2. The Labute approximate surface area is 164 Å². The zero-order valence-electron chi connectivity index (χ0n) is 15.4. The van der Waals surface area contributed by atoms with Crippen molar-refractivity contribution in [2.45, 2.75) is 24.6 Å². The van der Waals surface area contributed by atoms with Crippen molar-refractivity contribution < 1.29 is 9.50 Å². The Morgan fingerprint density at radius 2 is 1.64 bits per heavy atom. The molecule has 0 bridgehead atoms. The van der Waals surface area contributed by atoms with Gasteiger partial charge in [-0.2, -0.15) is 0 Å². The Morgan fingerprint density at radius 1 is 0.857 bits per heavy atom. The lowest BCUT2D eigenvalue weighted by Crippen LogP contribution is -2.18. The van der Waals surface area contributed by atoms with Crippen molar-refractivity contribution in [2.24, 2.45) is 0 Å². The van der Waals surface area contributed by atoms with E-state index in [9.17, 15) is 5.11 Å². The van der Waals surface area contributed by atoms with Crippen molar-refractivity contribution >= 4 is 12.2 Å². The molecule has 5 rings (SSSR count). The largest absolute Gasteiger partial charge is 0.388 e. The molecular weight excluding hydrogens is 347 g/mol. The van der Waals surface area contributed by atoms with Gasteiger partial charge in [0.15, 0.2) is 0 Å². The SMILES string of the molecule is OC1CC=Cc2ccc3c(c21)C(F)C(/C=C/c1ccccc1)c1ccccc1-3. The third kappa shape index (κ3) is 2.73. The number of allylic oxidation sites excluding steroid dienone is 1. The molecule has 0 fully saturated rings. The highest BCUT2D eigenvalue weighted by Gasteiger charge is 2.36. The zero-order chi connectivity index (χ0) is 19.1. The fourth-order valence-electron chi connectivity index (χ4n) is 4.49. The van der Waals surface area contributed by atoms with Crippen LogP contribution >= 0.6 is 0 Å². The lowest BCUT2D eigenvalue weighted by Gasteiger charge is -2.33. The monoisotopic (exact) mass is 368 g/mol. The van der Waals surface area contributed by atoms with Crippen LogP contribution in [0.5, 0.6) is 0 Å². The molecule has 3 unspecified atom stereocenters. The van der Waals surface area contributed by atoms with E-state index in [1.54, 1.807) is 0 Å². The molecule has 28 heavy (non-hydrogen) atoms. The maximum Gasteiger partial charge on any atom is 0.136 e. The van der Waals surface area contributed by atoms with Crippen molar-refractivity contribution in [3.63, 3.8) is 0 Å². The molecule has 0 heterocycles. The van der Waals surface area contributed by atoms with Gasteiger partial charge in [0.2, 0.25) is 0 Å². The van der Waals surface area contributed by atoms with E-state index in [1.165, 1.54) is 0 Å². The number of benzene rings is 3. The molecule has 0 aromatic heterocycles. The van der Waals surface area contributed by atoms with E-state index < -0.39 is 12.3 Å². The van der Waals surface area contributed by atoms with Gasteiger partial charge in [-0.25, -0.2) is 4.39 Å². The fourth-order valence-corrected chi connectivity index (χ4v) is 4.49. The van der Waals surface area contributed by atoms with Gasteiger partial charge in [0.25, 0.3) is 0 Å². The van der Waals surface area contributed by atoms with Crippen LogP contribution in [-0.4, -0.2) is 5.11 Å². The molecule has 3 aromatic carbocycles. The second-order valence-corrected chi connectivity index (χ2v) is 7.47. The highest BCUT2D eigenvalue weighted by molar-refractivity contribution is 5.80. The Morgan fingerprint density at radius 3 is 2.50 bits per heavy atom. The molecule has 0 aliphatic heterocycles. The average molecular weight is 368 g/mol. The van der Waals surface area contributed by atoms with Crippen LogP contribution in [0.2, 0.25) is 0 Å². The molecule has 0 saturated carbocycles.